The Bertz CT molecular complexity index is 911. The Kier molecular flexibility index (Phi) is 2.87. The number of carbonyl (C=O) groups excluding carboxylic acids is 1. The number of nitrogens with zero attached hydrogens (tertiary/aromatic N) is 1. The number of phenolic OH excluding ortho intramolecular Hbond substituents is 1. The minimum Gasteiger partial charge on any atom is -0.508 e. The molecule has 5 aliphatic rings. The smallest absolute Gasteiger partial charge is 0.335 e. The van der Waals surface area contributed by atoms with Crippen molar-refractivity contribution in [3.63, 3.8) is 0 Å². The number of fused-ring (bicyclic) bond motifs is 3. The number of ether oxygens (including phenoxy) is 2. The van der Waals surface area contributed by atoms with Crippen LogP contribution < -0.4 is 5.32 Å². The minimum atomic E-state index is -0.252. The number of hydrogen-bond donors (Lipinski definition) is 2. The number of esters is 1. The first-order valence-corrected chi connectivity index (χ1v) is 9.87. The molecule has 0 radical (unpaired) electrons. The van der Waals surface area contributed by atoms with E-state index in [9.17, 15) is 9.90 Å². The number of phenols is 1. The summed E-state index contributed by atoms with van der Waals surface area (Å²) in [5.41, 5.74) is 3.53. The number of epoxide rings is 1. The summed E-state index contributed by atoms with van der Waals surface area (Å²) in [7, 11) is 1.46. The largest absolute Gasteiger partial charge is 0.508 e. The van der Waals surface area contributed by atoms with Crippen molar-refractivity contribution in [2.24, 2.45) is 5.41 Å². The number of anilines is 1. The van der Waals surface area contributed by atoms with Gasteiger partial charge in [0.1, 0.15) is 5.75 Å². The highest BCUT2D eigenvalue weighted by atomic mass is 16.6. The van der Waals surface area contributed by atoms with Crippen LogP contribution in [0, 0.1) is 5.41 Å². The summed E-state index contributed by atoms with van der Waals surface area (Å²) in [6.45, 7) is 4.21. The van der Waals surface area contributed by atoms with Gasteiger partial charge in [-0.05, 0) is 37.4 Å². The lowest BCUT2D eigenvalue weighted by atomic mass is 9.53. The van der Waals surface area contributed by atoms with E-state index in [1.807, 2.05) is 6.07 Å². The van der Waals surface area contributed by atoms with Crippen molar-refractivity contribution in [1.29, 1.82) is 0 Å². The van der Waals surface area contributed by atoms with Crippen LogP contribution in [0.1, 0.15) is 31.7 Å². The normalized spacial score (nSPS) is 40.6. The van der Waals surface area contributed by atoms with E-state index >= 15 is 0 Å². The SMILES string of the molecule is CCC12CC(C(=O)OC)=C3Nc4cc(O)ccc4C34CCN(CC3OC31)C42. The fourth-order valence-electron chi connectivity index (χ4n) is 6.85. The molecule has 3 saturated heterocycles. The molecular weight excluding hydrogens is 344 g/mol. The lowest BCUT2D eigenvalue weighted by Crippen LogP contribution is -2.63. The van der Waals surface area contributed by atoms with Crippen LogP contribution in [-0.2, 0) is 19.7 Å². The molecule has 0 amide bonds. The quantitative estimate of drug-likeness (QED) is 0.615. The molecule has 27 heavy (non-hydrogen) atoms. The molecule has 3 fully saturated rings. The molecule has 6 heteroatoms. The zero-order chi connectivity index (χ0) is 18.6. The van der Waals surface area contributed by atoms with Crippen molar-refractivity contribution >= 4 is 11.7 Å². The Morgan fingerprint density at radius 2 is 2.33 bits per heavy atom. The van der Waals surface area contributed by atoms with Crippen molar-refractivity contribution < 1.29 is 19.4 Å². The summed E-state index contributed by atoms with van der Waals surface area (Å²) >= 11 is 0. The Hall–Kier alpha value is -2.05. The zero-order valence-electron chi connectivity index (χ0n) is 15.6. The lowest BCUT2D eigenvalue weighted by Gasteiger charge is -2.54. The molecule has 0 aromatic heterocycles. The molecule has 142 valence electrons. The molecule has 5 atom stereocenters. The second-order valence-corrected chi connectivity index (χ2v) is 8.68. The van der Waals surface area contributed by atoms with Gasteiger partial charge in [0, 0.05) is 35.5 Å². The second kappa shape index (κ2) is 4.86. The number of nitrogens with one attached hydrogen (secondary N) is 1. The van der Waals surface area contributed by atoms with Crippen LogP contribution in [0.5, 0.6) is 5.75 Å². The van der Waals surface area contributed by atoms with Crippen LogP contribution in [0.2, 0.25) is 0 Å². The van der Waals surface area contributed by atoms with Gasteiger partial charge < -0.3 is 19.9 Å². The van der Waals surface area contributed by atoms with Crippen LogP contribution in [0.4, 0.5) is 5.69 Å². The molecule has 2 N–H and O–H groups in total. The maximum absolute atomic E-state index is 12.8. The third kappa shape index (κ3) is 1.68. The molecule has 4 heterocycles. The van der Waals surface area contributed by atoms with Gasteiger partial charge in [0.2, 0.25) is 0 Å². The van der Waals surface area contributed by atoms with Crippen LogP contribution in [0.25, 0.3) is 0 Å². The lowest BCUT2D eigenvalue weighted by molar-refractivity contribution is -0.137. The molecule has 1 aliphatic carbocycles. The third-order valence-corrected chi connectivity index (χ3v) is 7.82. The fraction of sp³-hybridized carbons (Fsp3) is 0.571. The van der Waals surface area contributed by atoms with E-state index < -0.39 is 0 Å². The van der Waals surface area contributed by atoms with Gasteiger partial charge in [0.25, 0.3) is 0 Å². The molecule has 4 aliphatic heterocycles. The van der Waals surface area contributed by atoms with Crippen molar-refractivity contribution in [3.05, 3.63) is 35.0 Å². The summed E-state index contributed by atoms with van der Waals surface area (Å²) in [6, 6.07) is 5.88. The monoisotopic (exact) mass is 368 g/mol. The summed E-state index contributed by atoms with van der Waals surface area (Å²) in [5.74, 6) is -0.0104. The van der Waals surface area contributed by atoms with Gasteiger partial charge in [-0.1, -0.05) is 13.0 Å². The number of hydrogen-bond acceptors (Lipinski definition) is 6. The topological polar surface area (TPSA) is 74.3 Å². The van der Waals surface area contributed by atoms with Gasteiger partial charge in [0.15, 0.2) is 0 Å². The first-order chi connectivity index (χ1) is 13.0. The fourth-order valence-corrected chi connectivity index (χ4v) is 6.85. The Morgan fingerprint density at radius 3 is 3.11 bits per heavy atom. The standard InChI is InChI=1S/C21H24N2O4/c1-3-20-9-12(18(25)26-2)16-21(13-5-4-11(24)8-14(13)22-16)6-7-23(19(20)21)10-15-17(20)27-15/h4-5,8,15,17,19,22,24H,3,6-7,9-10H2,1-2H3. The molecule has 0 saturated carbocycles. The van der Waals surface area contributed by atoms with E-state index in [2.05, 4.69) is 17.1 Å². The average molecular weight is 368 g/mol. The molecule has 0 bridgehead atoms. The highest BCUT2D eigenvalue weighted by Gasteiger charge is 2.73. The second-order valence-electron chi connectivity index (χ2n) is 8.68. The summed E-state index contributed by atoms with van der Waals surface area (Å²) in [6.07, 6.45) is 3.15. The van der Waals surface area contributed by atoms with Gasteiger partial charge in [-0.15, -0.1) is 0 Å². The van der Waals surface area contributed by atoms with Crippen molar-refractivity contribution in [2.75, 3.05) is 25.5 Å². The zero-order valence-corrected chi connectivity index (χ0v) is 15.6. The Balaban J connectivity index is 1.66. The van der Waals surface area contributed by atoms with Crippen LogP contribution in [0.15, 0.2) is 29.5 Å². The van der Waals surface area contributed by atoms with Crippen LogP contribution >= 0.6 is 0 Å². The van der Waals surface area contributed by atoms with E-state index in [0.717, 1.165) is 42.9 Å². The average Bonchev–Trinajstić information content (AvgIpc) is 3.26. The van der Waals surface area contributed by atoms with Crippen molar-refractivity contribution in [2.45, 2.75) is 49.9 Å². The summed E-state index contributed by atoms with van der Waals surface area (Å²) < 4.78 is 11.3. The highest BCUT2D eigenvalue weighted by molar-refractivity contribution is 5.93. The Labute approximate surface area is 158 Å². The van der Waals surface area contributed by atoms with Gasteiger partial charge in [-0.2, -0.15) is 0 Å². The van der Waals surface area contributed by atoms with Gasteiger partial charge in [-0.3, -0.25) is 4.90 Å². The van der Waals surface area contributed by atoms with Gasteiger partial charge in [-0.25, -0.2) is 4.79 Å². The van der Waals surface area contributed by atoms with Gasteiger partial charge in [0.05, 0.1) is 30.3 Å². The van der Waals surface area contributed by atoms with E-state index in [-0.39, 0.29) is 28.7 Å². The molecule has 5 unspecified atom stereocenters. The Morgan fingerprint density at radius 1 is 1.48 bits per heavy atom. The third-order valence-electron chi connectivity index (χ3n) is 7.82. The summed E-state index contributed by atoms with van der Waals surface area (Å²) in [5, 5.41) is 13.5. The molecule has 1 spiro atoms. The first-order valence-electron chi connectivity index (χ1n) is 9.87. The summed E-state index contributed by atoms with van der Waals surface area (Å²) in [4.78, 5) is 15.4. The van der Waals surface area contributed by atoms with Crippen LogP contribution in [-0.4, -0.2) is 54.4 Å². The van der Waals surface area contributed by atoms with E-state index in [4.69, 9.17) is 9.47 Å². The number of aromatic hydroxyl groups is 1. The van der Waals surface area contributed by atoms with E-state index in [0.29, 0.717) is 18.6 Å². The number of piperidine rings is 1. The van der Waals surface area contributed by atoms with Crippen molar-refractivity contribution in [3.8, 4) is 5.75 Å². The van der Waals surface area contributed by atoms with E-state index in [1.165, 1.54) is 12.7 Å². The van der Waals surface area contributed by atoms with Crippen molar-refractivity contribution in [1.82, 2.24) is 4.90 Å². The highest BCUT2D eigenvalue weighted by Crippen LogP contribution is 2.68. The van der Waals surface area contributed by atoms with Crippen LogP contribution in [0.3, 0.4) is 0 Å². The maximum Gasteiger partial charge on any atom is 0.335 e. The maximum atomic E-state index is 12.8. The molecule has 6 nitrogen and oxygen atoms in total. The number of methoxy groups -OCH3 is 1. The minimum absolute atomic E-state index is 0.0758. The molecular formula is C21H24N2O4. The van der Waals surface area contributed by atoms with E-state index in [1.54, 1.807) is 12.1 Å². The number of carbonyl (C=O) groups is 1. The predicted molar refractivity (Wildman–Crippen MR) is 98.4 cm³/mol. The molecule has 1 aromatic carbocycles. The van der Waals surface area contributed by atoms with Gasteiger partial charge >= 0.3 is 5.97 Å². The molecule has 1 aromatic rings. The molecule has 6 rings (SSSR count). The first kappa shape index (κ1) is 16.0. The number of rotatable bonds is 2. The number of benzene rings is 1. The predicted octanol–water partition coefficient (Wildman–Crippen LogP) is 2.14.